The molecule has 0 aliphatic rings. The van der Waals surface area contributed by atoms with Gasteiger partial charge in [0.25, 0.3) is 5.91 Å². The molecule has 2 amide bonds. The zero-order valence-electron chi connectivity index (χ0n) is 18.1. The van der Waals surface area contributed by atoms with Crippen LogP contribution in [0.5, 0.6) is 5.75 Å². The lowest BCUT2D eigenvalue weighted by Crippen LogP contribution is -2.25. The molecule has 2 aromatic rings. The van der Waals surface area contributed by atoms with Gasteiger partial charge >= 0.3 is 0 Å². The minimum absolute atomic E-state index is 0.117. The monoisotopic (exact) mass is 429 g/mol. The Morgan fingerprint density at radius 2 is 1.61 bits per heavy atom. The van der Waals surface area contributed by atoms with Crippen LogP contribution in [0.3, 0.4) is 0 Å². The van der Waals surface area contributed by atoms with Crippen molar-refractivity contribution < 1.29 is 23.8 Å². The first-order chi connectivity index (χ1) is 15.1. The molecule has 0 aliphatic heterocycles. The number of amides is 2. The van der Waals surface area contributed by atoms with E-state index in [2.05, 4.69) is 16.0 Å². The molecule has 0 fully saturated rings. The Morgan fingerprint density at radius 1 is 0.903 bits per heavy atom. The van der Waals surface area contributed by atoms with Gasteiger partial charge in [-0.15, -0.1) is 0 Å². The molecule has 0 spiro atoms. The van der Waals surface area contributed by atoms with Gasteiger partial charge in [0.15, 0.2) is 0 Å². The molecule has 31 heavy (non-hydrogen) atoms. The first-order valence-corrected chi connectivity index (χ1v) is 10.3. The van der Waals surface area contributed by atoms with Gasteiger partial charge in [0.05, 0.1) is 13.2 Å². The number of hydrogen-bond donors (Lipinski definition) is 3. The quantitative estimate of drug-likeness (QED) is 0.400. The van der Waals surface area contributed by atoms with Crippen LogP contribution in [-0.2, 0) is 14.3 Å². The number of carbonyl (C=O) groups excluding carboxylic acids is 2. The average molecular weight is 430 g/mol. The second-order valence-corrected chi connectivity index (χ2v) is 6.65. The average Bonchev–Trinajstić information content (AvgIpc) is 2.79. The highest BCUT2D eigenvalue weighted by atomic mass is 16.5. The van der Waals surface area contributed by atoms with Crippen LogP contribution in [0.2, 0.25) is 0 Å². The molecule has 0 saturated carbocycles. The van der Waals surface area contributed by atoms with Crippen molar-refractivity contribution in [2.45, 2.75) is 13.3 Å². The summed E-state index contributed by atoms with van der Waals surface area (Å²) in [6.07, 6.45) is 0.757. The molecule has 0 saturated heterocycles. The molecule has 2 aromatic carbocycles. The minimum Gasteiger partial charge on any atom is -0.491 e. The van der Waals surface area contributed by atoms with Crippen molar-refractivity contribution in [2.24, 2.45) is 0 Å². The molecular weight excluding hydrogens is 398 g/mol. The maximum absolute atomic E-state index is 12.2. The van der Waals surface area contributed by atoms with Crippen molar-refractivity contribution in [1.29, 1.82) is 0 Å². The van der Waals surface area contributed by atoms with Crippen molar-refractivity contribution in [1.82, 2.24) is 5.32 Å². The Bertz CT molecular complexity index is 794. The van der Waals surface area contributed by atoms with Crippen molar-refractivity contribution in [3.63, 3.8) is 0 Å². The molecule has 8 heteroatoms. The molecule has 2 rings (SSSR count). The number of carbonyl (C=O) groups is 2. The maximum atomic E-state index is 12.2. The van der Waals surface area contributed by atoms with Crippen LogP contribution in [0.1, 0.15) is 23.7 Å². The van der Waals surface area contributed by atoms with E-state index in [0.717, 1.165) is 17.9 Å². The van der Waals surface area contributed by atoms with Crippen LogP contribution in [0.4, 0.5) is 11.4 Å². The van der Waals surface area contributed by atoms with Gasteiger partial charge in [0.1, 0.15) is 12.4 Å². The molecular formula is C23H31N3O5. The van der Waals surface area contributed by atoms with Crippen LogP contribution in [0.15, 0.2) is 48.5 Å². The fourth-order valence-electron chi connectivity index (χ4n) is 2.64. The largest absolute Gasteiger partial charge is 0.491 e. The molecule has 0 bridgehead atoms. The standard InChI is InChI=1S/C23H31N3O5/c1-3-30-15-16-31-21-11-9-19(10-12-21)25-17-22(27)26-20-7-5-18(6-8-20)23(28)24-13-4-14-29-2/h5-12,25H,3-4,13-17H2,1-2H3,(H,24,28)(H,26,27). The van der Waals surface area contributed by atoms with E-state index in [1.165, 1.54) is 0 Å². The van der Waals surface area contributed by atoms with Crippen molar-refractivity contribution >= 4 is 23.2 Å². The normalized spacial score (nSPS) is 10.4. The van der Waals surface area contributed by atoms with Gasteiger partial charge in [-0.2, -0.15) is 0 Å². The second kappa shape index (κ2) is 14.0. The molecule has 168 valence electrons. The Balaban J connectivity index is 1.71. The topological polar surface area (TPSA) is 97.9 Å². The predicted octanol–water partition coefficient (Wildman–Crippen LogP) is 2.92. The van der Waals surface area contributed by atoms with Gasteiger partial charge in [0.2, 0.25) is 5.91 Å². The van der Waals surface area contributed by atoms with Crippen molar-refractivity contribution in [3.8, 4) is 5.75 Å². The molecule has 0 aliphatic carbocycles. The first kappa shape index (κ1) is 24.2. The maximum Gasteiger partial charge on any atom is 0.251 e. The van der Waals surface area contributed by atoms with Gasteiger partial charge in [-0.3, -0.25) is 9.59 Å². The van der Waals surface area contributed by atoms with E-state index in [9.17, 15) is 9.59 Å². The minimum atomic E-state index is -0.186. The number of hydrogen-bond acceptors (Lipinski definition) is 6. The Morgan fingerprint density at radius 3 is 2.29 bits per heavy atom. The number of rotatable bonds is 14. The summed E-state index contributed by atoms with van der Waals surface area (Å²) in [6, 6.07) is 14.1. The molecule has 0 unspecified atom stereocenters. The summed E-state index contributed by atoms with van der Waals surface area (Å²) in [5.41, 5.74) is 1.98. The summed E-state index contributed by atoms with van der Waals surface area (Å²) >= 11 is 0. The number of ether oxygens (including phenoxy) is 3. The molecule has 3 N–H and O–H groups in total. The number of benzene rings is 2. The van der Waals surface area contributed by atoms with E-state index in [0.29, 0.717) is 44.2 Å². The SMILES string of the molecule is CCOCCOc1ccc(NCC(=O)Nc2ccc(C(=O)NCCCOC)cc2)cc1. The van der Waals surface area contributed by atoms with Gasteiger partial charge < -0.3 is 30.2 Å². The van der Waals surface area contributed by atoms with Gasteiger partial charge in [0, 0.05) is 43.8 Å². The summed E-state index contributed by atoms with van der Waals surface area (Å²) in [7, 11) is 1.63. The van der Waals surface area contributed by atoms with Crippen LogP contribution in [-0.4, -0.2) is 58.4 Å². The van der Waals surface area contributed by atoms with E-state index in [4.69, 9.17) is 14.2 Å². The van der Waals surface area contributed by atoms with Crippen LogP contribution in [0, 0.1) is 0 Å². The summed E-state index contributed by atoms with van der Waals surface area (Å²) in [6.45, 7) is 4.93. The second-order valence-electron chi connectivity index (χ2n) is 6.65. The molecule has 0 atom stereocenters. The van der Waals surface area contributed by atoms with Gasteiger partial charge in [-0.25, -0.2) is 0 Å². The lowest BCUT2D eigenvalue weighted by Gasteiger charge is -2.10. The highest BCUT2D eigenvalue weighted by Crippen LogP contribution is 2.15. The third-order valence-electron chi connectivity index (χ3n) is 4.25. The highest BCUT2D eigenvalue weighted by Gasteiger charge is 2.07. The summed E-state index contributed by atoms with van der Waals surface area (Å²) in [5.74, 6) is 0.410. The van der Waals surface area contributed by atoms with Crippen molar-refractivity contribution in [3.05, 3.63) is 54.1 Å². The van der Waals surface area contributed by atoms with E-state index in [1.807, 2.05) is 31.2 Å². The number of methoxy groups -OCH3 is 1. The van der Waals surface area contributed by atoms with E-state index < -0.39 is 0 Å². The summed E-state index contributed by atoms with van der Waals surface area (Å²) in [5, 5.41) is 8.69. The van der Waals surface area contributed by atoms with Crippen molar-refractivity contribution in [2.75, 3.05) is 57.3 Å². The Labute approximate surface area is 183 Å². The third-order valence-corrected chi connectivity index (χ3v) is 4.25. The predicted molar refractivity (Wildman–Crippen MR) is 121 cm³/mol. The first-order valence-electron chi connectivity index (χ1n) is 10.3. The molecule has 8 nitrogen and oxygen atoms in total. The molecule has 0 radical (unpaired) electrons. The number of nitrogens with one attached hydrogen (secondary N) is 3. The molecule has 0 aromatic heterocycles. The Hall–Kier alpha value is -3.10. The highest BCUT2D eigenvalue weighted by molar-refractivity contribution is 5.96. The lowest BCUT2D eigenvalue weighted by atomic mass is 10.2. The third kappa shape index (κ3) is 9.50. The van der Waals surface area contributed by atoms with E-state index >= 15 is 0 Å². The zero-order valence-corrected chi connectivity index (χ0v) is 18.1. The van der Waals surface area contributed by atoms with Crippen LogP contribution < -0.4 is 20.7 Å². The lowest BCUT2D eigenvalue weighted by molar-refractivity contribution is -0.114. The molecule has 0 heterocycles. The van der Waals surface area contributed by atoms with Gasteiger partial charge in [-0.05, 0) is 61.9 Å². The van der Waals surface area contributed by atoms with Crippen LogP contribution >= 0.6 is 0 Å². The van der Waals surface area contributed by atoms with Crippen LogP contribution in [0.25, 0.3) is 0 Å². The fraction of sp³-hybridized carbons (Fsp3) is 0.391. The smallest absolute Gasteiger partial charge is 0.251 e. The summed E-state index contributed by atoms with van der Waals surface area (Å²) < 4.78 is 15.7. The zero-order chi connectivity index (χ0) is 22.3. The summed E-state index contributed by atoms with van der Waals surface area (Å²) in [4.78, 5) is 24.2. The van der Waals surface area contributed by atoms with E-state index in [1.54, 1.807) is 31.4 Å². The van der Waals surface area contributed by atoms with E-state index in [-0.39, 0.29) is 18.4 Å². The number of anilines is 2. The fourth-order valence-corrected chi connectivity index (χ4v) is 2.64. The van der Waals surface area contributed by atoms with Gasteiger partial charge in [-0.1, -0.05) is 0 Å². The Kier molecular flexibility index (Phi) is 10.9.